The lowest BCUT2D eigenvalue weighted by molar-refractivity contribution is 0.0162. The number of nitrogens with zero attached hydrogens (tertiary/aromatic N) is 4. The number of fused-ring (bicyclic) bond motifs is 1. The predicted molar refractivity (Wildman–Crippen MR) is 117 cm³/mol. The fourth-order valence-corrected chi connectivity index (χ4v) is 4.07. The van der Waals surface area contributed by atoms with E-state index in [9.17, 15) is 4.79 Å². The van der Waals surface area contributed by atoms with Crippen molar-refractivity contribution in [3.63, 3.8) is 0 Å². The number of rotatable bonds is 6. The summed E-state index contributed by atoms with van der Waals surface area (Å²) in [4.78, 5) is 19.6. The van der Waals surface area contributed by atoms with Gasteiger partial charge in [-0.3, -0.25) is 9.69 Å². The molecular formula is C22H26ClN5O2. The van der Waals surface area contributed by atoms with E-state index in [0.717, 1.165) is 29.7 Å². The maximum Gasteiger partial charge on any atom is 0.252 e. The number of aromatic nitrogens is 3. The van der Waals surface area contributed by atoms with Gasteiger partial charge in [-0.05, 0) is 31.5 Å². The number of halogens is 1. The third-order valence-corrected chi connectivity index (χ3v) is 5.74. The van der Waals surface area contributed by atoms with E-state index in [-0.39, 0.29) is 18.0 Å². The standard InChI is InChI=1S/C22H26ClN5O2/c1-15(2)28-21-16(13-26-28)11-17(12-24-21)22(29)25-14-20(27-7-9-30-10-8-27)18-5-3-4-6-19(18)23/h3-6,11-13,15,20H,7-10,14H2,1-2H3,(H,25,29). The normalized spacial score (nSPS) is 16.1. The first kappa shape index (κ1) is 20.8. The second kappa shape index (κ2) is 9.12. The van der Waals surface area contributed by atoms with Gasteiger partial charge >= 0.3 is 0 Å². The van der Waals surface area contributed by atoms with Crippen molar-refractivity contribution < 1.29 is 9.53 Å². The highest BCUT2D eigenvalue weighted by Gasteiger charge is 2.25. The lowest BCUT2D eigenvalue weighted by Gasteiger charge is -2.35. The van der Waals surface area contributed by atoms with Crippen LogP contribution >= 0.6 is 11.6 Å². The third-order valence-electron chi connectivity index (χ3n) is 5.39. The van der Waals surface area contributed by atoms with Crippen LogP contribution in [-0.4, -0.2) is 58.4 Å². The van der Waals surface area contributed by atoms with Crippen molar-refractivity contribution in [1.82, 2.24) is 25.0 Å². The summed E-state index contributed by atoms with van der Waals surface area (Å²) in [5.74, 6) is -0.160. The second-order valence-corrected chi connectivity index (χ2v) is 8.12. The van der Waals surface area contributed by atoms with Crippen molar-refractivity contribution >= 4 is 28.5 Å². The monoisotopic (exact) mass is 427 g/mol. The molecule has 8 heteroatoms. The minimum absolute atomic E-state index is 0.0214. The van der Waals surface area contributed by atoms with E-state index in [1.807, 2.05) is 35.0 Å². The van der Waals surface area contributed by atoms with Gasteiger partial charge in [-0.1, -0.05) is 29.8 Å². The molecule has 1 amide bonds. The number of ether oxygens (including phenoxy) is 1. The van der Waals surface area contributed by atoms with Crippen molar-refractivity contribution in [3.05, 3.63) is 58.9 Å². The van der Waals surface area contributed by atoms with E-state index in [1.165, 1.54) is 0 Å². The Hall–Kier alpha value is -2.48. The summed E-state index contributed by atoms with van der Waals surface area (Å²) in [6, 6.07) is 9.81. The molecule has 1 aromatic carbocycles. The van der Waals surface area contributed by atoms with Crippen LogP contribution in [-0.2, 0) is 4.74 Å². The minimum Gasteiger partial charge on any atom is -0.379 e. The van der Waals surface area contributed by atoms with Gasteiger partial charge in [-0.15, -0.1) is 0 Å². The molecule has 0 saturated carbocycles. The van der Waals surface area contributed by atoms with Crippen LogP contribution in [0.3, 0.4) is 0 Å². The maximum atomic E-state index is 12.9. The van der Waals surface area contributed by atoms with Crippen molar-refractivity contribution in [1.29, 1.82) is 0 Å². The summed E-state index contributed by atoms with van der Waals surface area (Å²) in [5, 5.41) is 8.99. The molecule has 1 aliphatic heterocycles. The molecule has 0 aliphatic carbocycles. The number of hydrogen-bond acceptors (Lipinski definition) is 5. The first-order valence-electron chi connectivity index (χ1n) is 10.2. The highest BCUT2D eigenvalue weighted by Crippen LogP contribution is 2.28. The van der Waals surface area contributed by atoms with Gasteiger partial charge in [0.25, 0.3) is 5.91 Å². The molecule has 158 valence electrons. The van der Waals surface area contributed by atoms with Crippen molar-refractivity contribution in [2.75, 3.05) is 32.8 Å². The Balaban J connectivity index is 1.52. The van der Waals surface area contributed by atoms with Crippen LogP contribution in [0, 0.1) is 0 Å². The Bertz CT molecular complexity index is 1030. The fourth-order valence-electron chi connectivity index (χ4n) is 3.80. The molecule has 7 nitrogen and oxygen atoms in total. The first-order chi connectivity index (χ1) is 14.5. The second-order valence-electron chi connectivity index (χ2n) is 7.72. The zero-order valence-electron chi connectivity index (χ0n) is 17.2. The van der Waals surface area contributed by atoms with Crippen LogP contribution in [0.2, 0.25) is 5.02 Å². The first-order valence-corrected chi connectivity index (χ1v) is 10.6. The van der Waals surface area contributed by atoms with Gasteiger partial charge in [0, 0.05) is 42.3 Å². The van der Waals surface area contributed by atoms with E-state index in [2.05, 4.69) is 34.1 Å². The Morgan fingerprint density at radius 1 is 1.23 bits per heavy atom. The average molecular weight is 428 g/mol. The number of carbonyl (C=O) groups excluding carboxylic acids is 1. The van der Waals surface area contributed by atoms with Gasteiger partial charge in [0.15, 0.2) is 5.65 Å². The molecule has 0 bridgehead atoms. The quantitative estimate of drug-likeness (QED) is 0.652. The van der Waals surface area contributed by atoms with Crippen molar-refractivity contribution in [2.24, 2.45) is 0 Å². The molecule has 1 fully saturated rings. The molecule has 0 radical (unpaired) electrons. The topological polar surface area (TPSA) is 72.3 Å². The lowest BCUT2D eigenvalue weighted by atomic mass is 10.0. The van der Waals surface area contributed by atoms with Gasteiger partial charge in [-0.25, -0.2) is 9.67 Å². The number of morpholine rings is 1. The minimum atomic E-state index is -0.160. The molecule has 1 N–H and O–H groups in total. The van der Waals surface area contributed by atoms with E-state index >= 15 is 0 Å². The zero-order valence-corrected chi connectivity index (χ0v) is 18.0. The van der Waals surface area contributed by atoms with E-state index in [1.54, 1.807) is 12.4 Å². The number of carbonyl (C=O) groups is 1. The van der Waals surface area contributed by atoms with Gasteiger partial charge in [0.2, 0.25) is 0 Å². The largest absolute Gasteiger partial charge is 0.379 e. The Morgan fingerprint density at radius 2 is 2.00 bits per heavy atom. The number of amides is 1. The Morgan fingerprint density at radius 3 is 2.73 bits per heavy atom. The molecule has 0 spiro atoms. The van der Waals surface area contributed by atoms with Crippen LogP contribution in [0.1, 0.15) is 41.9 Å². The lowest BCUT2D eigenvalue weighted by Crippen LogP contribution is -2.44. The van der Waals surface area contributed by atoms with E-state index in [0.29, 0.717) is 30.3 Å². The predicted octanol–water partition coefficient (Wildman–Crippen LogP) is 3.47. The molecule has 1 saturated heterocycles. The van der Waals surface area contributed by atoms with Crippen molar-refractivity contribution in [2.45, 2.75) is 25.9 Å². The molecule has 30 heavy (non-hydrogen) atoms. The van der Waals surface area contributed by atoms with E-state index in [4.69, 9.17) is 16.3 Å². The third kappa shape index (κ3) is 4.33. The molecule has 3 aromatic rings. The van der Waals surface area contributed by atoms with Crippen molar-refractivity contribution in [3.8, 4) is 0 Å². The summed E-state index contributed by atoms with van der Waals surface area (Å²) in [5.41, 5.74) is 2.31. The number of nitrogens with one attached hydrogen (secondary N) is 1. The molecule has 3 heterocycles. The van der Waals surface area contributed by atoms with Crippen LogP contribution in [0.25, 0.3) is 11.0 Å². The van der Waals surface area contributed by atoms with Crippen LogP contribution in [0.5, 0.6) is 0 Å². The van der Waals surface area contributed by atoms with Crippen LogP contribution in [0.15, 0.2) is 42.7 Å². The number of hydrogen-bond donors (Lipinski definition) is 1. The molecule has 1 atom stereocenters. The highest BCUT2D eigenvalue weighted by atomic mass is 35.5. The SMILES string of the molecule is CC(C)n1ncc2cc(C(=O)NCC(c3ccccc3Cl)N3CCOCC3)cnc21. The molecule has 2 aromatic heterocycles. The highest BCUT2D eigenvalue weighted by molar-refractivity contribution is 6.31. The van der Waals surface area contributed by atoms with E-state index < -0.39 is 0 Å². The molecule has 1 unspecified atom stereocenters. The Kier molecular flexibility index (Phi) is 6.32. The zero-order chi connectivity index (χ0) is 21.1. The van der Waals surface area contributed by atoms with Gasteiger partial charge in [-0.2, -0.15) is 5.10 Å². The maximum absolute atomic E-state index is 12.9. The van der Waals surface area contributed by atoms with Crippen LogP contribution in [0.4, 0.5) is 0 Å². The summed E-state index contributed by atoms with van der Waals surface area (Å²) in [6.07, 6.45) is 3.36. The summed E-state index contributed by atoms with van der Waals surface area (Å²) < 4.78 is 7.34. The number of benzene rings is 1. The molecular weight excluding hydrogens is 402 g/mol. The van der Waals surface area contributed by atoms with Gasteiger partial charge in [0.1, 0.15) is 0 Å². The Labute approximate surface area is 181 Å². The van der Waals surface area contributed by atoms with Gasteiger partial charge < -0.3 is 10.1 Å². The smallest absolute Gasteiger partial charge is 0.252 e. The summed E-state index contributed by atoms with van der Waals surface area (Å²) in [7, 11) is 0. The molecule has 4 rings (SSSR count). The molecule has 1 aliphatic rings. The van der Waals surface area contributed by atoms with Crippen LogP contribution < -0.4 is 5.32 Å². The van der Waals surface area contributed by atoms with Gasteiger partial charge in [0.05, 0.1) is 31.0 Å². The summed E-state index contributed by atoms with van der Waals surface area (Å²) >= 11 is 6.47. The average Bonchev–Trinajstić information content (AvgIpc) is 3.19. The number of pyridine rings is 1. The summed E-state index contributed by atoms with van der Waals surface area (Å²) in [6.45, 7) is 7.50. The fraction of sp³-hybridized carbons (Fsp3) is 0.409.